The predicted octanol–water partition coefficient (Wildman–Crippen LogP) is 5.61. The van der Waals surface area contributed by atoms with Crippen molar-refractivity contribution in [2.45, 2.75) is 56.9 Å². The molecule has 2 aromatic carbocycles. The number of nitrogens with zero attached hydrogens (tertiary/aromatic N) is 4. The summed E-state index contributed by atoms with van der Waals surface area (Å²) in [5.74, 6) is 1.58. The zero-order valence-electron chi connectivity index (χ0n) is 21.4. The number of likely N-dealkylation sites (tertiary alicyclic amines) is 1. The Morgan fingerprint density at radius 2 is 1.71 bits per heavy atom. The second kappa shape index (κ2) is 10.8. The summed E-state index contributed by atoms with van der Waals surface area (Å²) in [4.78, 5) is 19.9. The van der Waals surface area contributed by atoms with Gasteiger partial charge in [-0.15, -0.1) is 0 Å². The maximum atomic E-state index is 13.2. The van der Waals surface area contributed by atoms with Crippen LogP contribution in [-0.4, -0.2) is 52.4 Å². The number of carbonyl (C=O) groups is 1. The van der Waals surface area contributed by atoms with E-state index in [1.807, 2.05) is 47.4 Å². The van der Waals surface area contributed by atoms with E-state index in [2.05, 4.69) is 22.5 Å². The van der Waals surface area contributed by atoms with Crippen LogP contribution >= 0.6 is 11.6 Å². The van der Waals surface area contributed by atoms with Crippen molar-refractivity contribution in [3.8, 4) is 11.3 Å². The molecule has 3 heterocycles. The quantitative estimate of drug-likeness (QED) is 0.346. The molecule has 1 amide bonds. The minimum Gasteiger partial charge on any atom is -0.367 e. The molecule has 0 unspecified atom stereocenters. The van der Waals surface area contributed by atoms with Gasteiger partial charge in [-0.1, -0.05) is 61.2 Å². The zero-order valence-corrected chi connectivity index (χ0v) is 22.2. The molecule has 8 heteroatoms. The number of carbonyl (C=O) groups excluding carboxylic acids is 1. The van der Waals surface area contributed by atoms with E-state index in [0.717, 1.165) is 35.5 Å². The Bertz CT molecular complexity index is 1440. The number of anilines is 1. The first-order valence-corrected chi connectivity index (χ1v) is 14.0. The van der Waals surface area contributed by atoms with Gasteiger partial charge in [0.2, 0.25) is 0 Å². The van der Waals surface area contributed by atoms with Gasteiger partial charge in [0.05, 0.1) is 5.69 Å². The lowest BCUT2D eigenvalue weighted by Crippen LogP contribution is -2.42. The van der Waals surface area contributed by atoms with E-state index in [-0.39, 0.29) is 11.9 Å². The van der Waals surface area contributed by atoms with Gasteiger partial charge in [0.1, 0.15) is 13.7 Å². The Hall–Kier alpha value is -3.32. The van der Waals surface area contributed by atoms with Crippen LogP contribution in [0.15, 0.2) is 60.8 Å². The Morgan fingerprint density at radius 3 is 2.45 bits per heavy atom. The van der Waals surface area contributed by atoms with Crippen LogP contribution in [-0.2, 0) is 0 Å². The van der Waals surface area contributed by atoms with Gasteiger partial charge < -0.3 is 10.2 Å². The average molecular weight is 524 g/mol. The molecule has 2 radical (unpaired) electrons. The SMILES string of the molecule is [B]c1cnn2c(NC3CCN(C(=O)c4ccc(C5CCCCC5)cc4)CC3)cc(-c3ccccc3Cl)nc12. The van der Waals surface area contributed by atoms with Crippen LogP contribution in [0.1, 0.15) is 66.8 Å². The number of piperidine rings is 1. The summed E-state index contributed by atoms with van der Waals surface area (Å²) >= 11 is 6.46. The van der Waals surface area contributed by atoms with Gasteiger partial charge in [-0.2, -0.15) is 9.61 Å². The first-order valence-electron chi connectivity index (χ1n) is 13.6. The molecule has 4 aromatic rings. The number of hydrogen-bond donors (Lipinski definition) is 1. The Balaban J connectivity index is 1.14. The molecule has 1 aliphatic heterocycles. The lowest BCUT2D eigenvalue weighted by molar-refractivity contribution is 0.0718. The summed E-state index contributed by atoms with van der Waals surface area (Å²) in [6.07, 6.45) is 9.81. The summed E-state index contributed by atoms with van der Waals surface area (Å²) in [6.45, 7) is 1.40. The normalized spacial score (nSPS) is 17.1. The van der Waals surface area contributed by atoms with Crippen molar-refractivity contribution in [3.63, 3.8) is 0 Å². The molecule has 6 nitrogen and oxygen atoms in total. The lowest BCUT2D eigenvalue weighted by atomic mass is 9.84. The molecule has 1 saturated carbocycles. The van der Waals surface area contributed by atoms with Crippen LogP contribution in [0.5, 0.6) is 0 Å². The molecule has 6 rings (SSSR count). The summed E-state index contributed by atoms with van der Waals surface area (Å²) in [5, 5.41) is 8.70. The highest BCUT2D eigenvalue weighted by molar-refractivity contribution is 6.36. The number of rotatable bonds is 5. The first-order chi connectivity index (χ1) is 18.6. The molecule has 0 bridgehead atoms. The topological polar surface area (TPSA) is 62.5 Å². The number of fused-ring (bicyclic) bond motifs is 1. The summed E-state index contributed by atoms with van der Waals surface area (Å²) in [5.41, 5.74) is 4.84. The van der Waals surface area contributed by atoms with Crippen LogP contribution in [0.3, 0.4) is 0 Å². The van der Waals surface area contributed by atoms with Crippen molar-refractivity contribution in [1.29, 1.82) is 0 Å². The van der Waals surface area contributed by atoms with Crippen LogP contribution in [0.25, 0.3) is 16.9 Å². The smallest absolute Gasteiger partial charge is 0.253 e. The van der Waals surface area contributed by atoms with E-state index in [0.29, 0.717) is 35.1 Å². The molecule has 1 N–H and O–H groups in total. The molecule has 2 aromatic heterocycles. The molecule has 192 valence electrons. The third-order valence-corrected chi connectivity index (χ3v) is 8.35. The summed E-state index contributed by atoms with van der Waals surface area (Å²) < 4.78 is 1.74. The van der Waals surface area contributed by atoms with E-state index in [9.17, 15) is 4.79 Å². The van der Waals surface area contributed by atoms with Crippen molar-refractivity contribution in [2.24, 2.45) is 0 Å². The molecule has 2 aliphatic rings. The van der Waals surface area contributed by atoms with E-state index in [1.165, 1.54) is 37.7 Å². The van der Waals surface area contributed by atoms with E-state index < -0.39 is 0 Å². The van der Waals surface area contributed by atoms with Crippen molar-refractivity contribution < 1.29 is 4.79 Å². The Kier molecular flexibility index (Phi) is 7.11. The van der Waals surface area contributed by atoms with Crippen LogP contribution in [0.4, 0.5) is 5.82 Å². The van der Waals surface area contributed by atoms with Crippen molar-refractivity contribution in [3.05, 3.63) is 76.9 Å². The second-order valence-corrected chi connectivity index (χ2v) is 10.9. The van der Waals surface area contributed by atoms with Crippen LogP contribution < -0.4 is 10.8 Å². The summed E-state index contributed by atoms with van der Waals surface area (Å²) in [7, 11) is 6.17. The monoisotopic (exact) mass is 523 g/mol. The van der Waals surface area contributed by atoms with Gasteiger partial charge in [0.15, 0.2) is 5.65 Å². The minimum absolute atomic E-state index is 0.116. The van der Waals surface area contributed by atoms with Crippen LogP contribution in [0.2, 0.25) is 5.02 Å². The second-order valence-electron chi connectivity index (χ2n) is 10.5. The fraction of sp³-hybridized carbons (Fsp3) is 0.367. The fourth-order valence-electron chi connectivity index (χ4n) is 5.84. The van der Waals surface area contributed by atoms with Crippen molar-refractivity contribution in [1.82, 2.24) is 19.5 Å². The molecule has 38 heavy (non-hydrogen) atoms. The largest absolute Gasteiger partial charge is 0.367 e. The Morgan fingerprint density at radius 1 is 0.974 bits per heavy atom. The highest BCUT2D eigenvalue weighted by atomic mass is 35.5. The highest BCUT2D eigenvalue weighted by Gasteiger charge is 2.25. The number of benzene rings is 2. The molecule has 1 aliphatic carbocycles. The van der Waals surface area contributed by atoms with E-state index in [1.54, 1.807) is 10.7 Å². The van der Waals surface area contributed by atoms with Crippen molar-refractivity contribution in [2.75, 3.05) is 18.4 Å². The van der Waals surface area contributed by atoms with Gasteiger partial charge in [-0.05, 0) is 60.8 Å². The number of halogens is 1. The lowest BCUT2D eigenvalue weighted by Gasteiger charge is -2.33. The number of amides is 1. The summed E-state index contributed by atoms with van der Waals surface area (Å²) in [6, 6.07) is 18.2. The maximum absolute atomic E-state index is 13.2. The van der Waals surface area contributed by atoms with Gasteiger partial charge >= 0.3 is 0 Å². The fourth-order valence-corrected chi connectivity index (χ4v) is 6.07. The zero-order chi connectivity index (χ0) is 26.1. The maximum Gasteiger partial charge on any atom is 0.253 e. The number of hydrogen-bond acceptors (Lipinski definition) is 4. The highest BCUT2D eigenvalue weighted by Crippen LogP contribution is 2.33. The minimum atomic E-state index is 0.116. The van der Waals surface area contributed by atoms with Crippen LogP contribution in [0, 0.1) is 0 Å². The van der Waals surface area contributed by atoms with Crippen molar-refractivity contribution >= 4 is 42.3 Å². The van der Waals surface area contributed by atoms with Gasteiger partial charge in [0, 0.05) is 47.5 Å². The van der Waals surface area contributed by atoms with E-state index in [4.69, 9.17) is 24.4 Å². The third kappa shape index (κ3) is 5.04. The first kappa shape index (κ1) is 25.0. The molecule has 1 saturated heterocycles. The molecular formula is C30H31BClN5O. The number of aromatic nitrogens is 3. The molecule has 2 fully saturated rings. The van der Waals surface area contributed by atoms with Gasteiger partial charge in [0.25, 0.3) is 5.91 Å². The molecular weight excluding hydrogens is 493 g/mol. The standard InChI is InChI=1S/C30H31BClN5O/c31-25-19-33-37-28(18-27(35-29(25)37)24-8-4-5-9-26(24)32)34-23-14-16-36(17-15-23)30(38)22-12-10-21(11-13-22)20-6-2-1-3-7-20/h4-5,8-13,18-20,23,34H,1-3,6-7,14-17H2. The van der Waals surface area contributed by atoms with Gasteiger partial charge in [-0.25, -0.2) is 4.98 Å². The predicted molar refractivity (Wildman–Crippen MR) is 154 cm³/mol. The third-order valence-electron chi connectivity index (χ3n) is 8.02. The van der Waals surface area contributed by atoms with E-state index >= 15 is 0 Å². The molecule has 0 atom stereocenters. The van der Waals surface area contributed by atoms with Gasteiger partial charge in [-0.3, -0.25) is 4.79 Å². The average Bonchev–Trinajstić information content (AvgIpc) is 3.34. The number of nitrogens with one attached hydrogen (secondary N) is 1. The molecule has 0 spiro atoms. The Labute approximate surface area is 229 Å².